The van der Waals surface area contributed by atoms with E-state index >= 15 is 0 Å². The molecule has 0 radical (unpaired) electrons. The number of hydrogen-bond acceptors (Lipinski definition) is 4. The molecular formula is C18H23N3O2S. The van der Waals surface area contributed by atoms with Gasteiger partial charge in [0.2, 0.25) is 5.91 Å². The van der Waals surface area contributed by atoms with E-state index in [2.05, 4.69) is 24.4 Å². The number of thiazole rings is 1. The van der Waals surface area contributed by atoms with Crippen LogP contribution in [0.1, 0.15) is 37.1 Å². The predicted molar refractivity (Wildman–Crippen MR) is 97.8 cm³/mol. The number of carbonyl (C=O) groups excluding carboxylic acids is 1. The van der Waals surface area contributed by atoms with Crippen LogP contribution in [-0.2, 0) is 11.3 Å². The first-order valence-electron chi connectivity index (χ1n) is 8.35. The average Bonchev–Trinajstić information content (AvgIpc) is 3.14. The van der Waals surface area contributed by atoms with E-state index in [0.29, 0.717) is 13.0 Å². The second-order valence-corrected chi connectivity index (χ2v) is 7.04. The molecule has 128 valence electrons. The SMILES string of the molecule is Cc1csc(=O)n1CCN[C@@H](C)c1cccc(N2CCCC2=O)c1. The van der Waals surface area contributed by atoms with Crippen LogP contribution in [0.4, 0.5) is 5.69 Å². The van der Waals surface area contributed by atoms with Crippen molar-refractivity contribution in [3.8, 4) is 0 Å². The van der Waals surface area contributed by atoms with Gasteiger partial charge in [-0.25, -0.2) is 0 Å². The molecule has 0 unspecified atom stereocenters. The van der Waals surface area contributed by atoms with Gasteiger partial charge in [0.15, 0.2) is 0 Å². The van der Waals surface area contributed by atoms with Gasteiger partial charge in [0.25, 0.3) is 0 Å². The Kier molecular flexibility index (Phi) is 5.16. The third-order valence-electron chi connectivity index (χ3n) is 4.52. The summed E-state index contributed by atoms with van der Waals surface area (Å²) in [6.45, 7) is 6.27. The van der Waals surface area contributed by atoms with E-state index < -0.39 is 0 Å². The van der Waals surface area contributed by atoms with Gasteiger partial charge in [-0.3, -0.25) is 9.59 Å². The molecule has 2 aromatic rings. The van der Waals surface area contributed by atoms with E-state index in [1.54, 1.807) is 4.57 Å². The topological polar surface area (TPSA) is 54.3 Å². The summed E-state index contributed by atoms with van der Waals surface area (Å²) < 4.78 is 1.80. The number of nitrogens with zero attached hydrogens (tertiary/aromatic N) is 2. The summed E-state index contributed by atoms with van der Waals surface area (Å²) in [5.41, 5.74) is 3.14. The smallest absolute Gasteiger partial charge is 0.307 e. The Morgan fingerprint density at radius 3 is 2.83 bits per heavy atom. The first kappa shape index (κ1) is 16.9. The average molecular weight is 345 g/mol. The van der Waals surface area contributed by atoms with Crippen molar-refractivity contribution in [2.75, 3.05) is 18.0 Å². The molecule has 5 nitrogen and oxygen atoms in total. The van der Waals surface area contributed by atoms with Crippen LogP contribution in [0.15, 0.2) is 34.4 Å². The minimum Gasteiger partial charge on any atom is -0.312 e. The Morgan fingerprint density at radius 2 is 2.17 bits per heavy atom. The van der Waals surface area contributed by atoms with Crippen molar-refractivity contribution in [1.29, 1.82) is 0 Å². The fourth-order valence-corrected chi connectivity index (χ4v) is 3.83. The number of nitrogens with one attached hydrogen (secondary N) is 1. The number of rotatable bonds is 6. The largest absolute Gasteiger partial charge is 0.312 e. The lowest BCUT2D eigenvalue weighted by Gasteiger charge is -2.19. The molecule has 1 N–H and O–H groups in total. The summed E-state index contributed by atoms with van der Waals surface area (Å²) >= 11 is 1.24. The maximum Gasteiger partial charge on any atom is 0.307 e. The second-order valence-electron chi connectivity index (χ2n) is 6.21. The lowest BCUT2D eigenvalue weighted by Crippen LogP contribution is -2.27. The van der Waals surface area contributed by atoms with Crippen molar-refractivity contribution in [2.45, 2.75) is 39.3 Å². The van der Waals surface area contributed by atoms with Crippen molar-refractivity contribution in [3.63, 3.8) is 0 Å². The van der Waals surface area contributed by atoms with Gasteiger partial charge in [-0.05, 0) is 38.0 Å². The van der Waals surface area contributed by atoms with Crippen LogP contribution in [0.2, 0.25) is 0 Å². The number of aryl methyl sites for hydroxylation is 1. The van der Waals surface area contributed by atoms with Crippen LogP contribution >= 0.6 is 11.3 Å². The molecule has 1 amide bonds. The summed E-state index contributed by atoms with van der Waals surface area (Å²) in [5.74, 6) is 0.208. The highest BCUT2D eigenvalue weighted by molar-refractivity contribution is 7.07. The van der Waals surface area contributed by atoms with Gasteiger partial charge in [-0.1, -0.05) is 23.5 Å². The fourth-order valence-electron chi connectivity index (χ4n) is 3.07. The molecule has 0 spiro atoms. The van der Waals surface area contributed by atoms with E-state index in [1.807, 2.05) is 29.3 Å². The zero-order valence-electron chi connectivity index (χ0n) is 14.1. The lowest BCUT2D eigenvalue weighted by molar-refractivity contribution is -0.117. The fraction of sp³-hybridized carbons (Fsp3) is 0.444. The van der Waals surface area contributed by atoms with Crippen molar-refractivity contribution in [1.82, 2.24) is 9.88 Å². The molecule has 1 aromatic heterocycles. The van der Waals surface area contributed by atoms with Crippen molar-refractivity contribution < 1.29 is 4.79 Å². The maximum atomic E-state index is 11.9. The molecule has 1 fully saturated rings. The summed E-state index contributed by atoms with van der Waals surface area (Å²) in [6, 6.07) is 8.32. The van der Waals surface area contributed by atoms with Crippen molar-refractivity contribution in [3.05, 3.63) is 50.6 Å². The van der Waals surface area contributed by atoms with Gasteiger partial charge < -0.3 is 14.8 Å². The van der Waals surface area contributed by atoms with Crippen LogP contribution in [0.5, 0.6) is 0 Å². The normalized spacial score (nSPS) is 15.9. The minimum atomic E-state index is 0.0940. The number of hydrogen-bond donors (Lipinski definition) is 1. The third-order valence-corrected chi connectivity index (χ3v) is 5.40. The van der Waals surface area contributed by atoms with Crippen molar-refractivity contribution >= 4 is 22.9 Å². The number of benzene rings is 1. The van der Waals surface area contributed by atoms with Gasteiger partial charge in [-0.15, -0.1) is 0 Å². The van der Waals surface area contributed by atoms with E-state index in [4.69, 9.17) is 0 Å². The number of aromatic nitrogens is 1. The van der Waals surface area contributed by atoms with Gasteiger partial charge in [0.1, 0.15) is 0 Å². The predicted octanol–water partition coefficient (Wildman–Crippen LogP) is 2.70. The maximum absolute atomic E-state index is 11.9. The van der Waals surface area contributed by atoms with E-state index in [1.165, 1.54) is 11.3 Å². The Balaban J connectivity index is 1.62. The molecule has 0 aliphatic carbocycles. The summed E-state index contributed by atoms with van der Waals surface area (Å²) in [5, 5.41) is 5.35. The summed E-state index contributed by atoms with van der Waals surface area (Å²) in [4.78, 5) is 25.6. The lowest BCUT2D eigenvalue weighted by atomic mass is 10.1. The molecule has 1 atom stereocenters. The molecule has 1 aliphatic heterocycles. The van der Waals surface area contributed by atoms with Gasteiger partial charge in [0, 0.05) is 48.9 Å². The highest BCUT2D eigenvalue weighted by Gasteiger charge is 2.22. The molecule has 0 saturated carbocycles. The highest BCUT2D eigenvalue weighted by atomic mass is 32.1. The van der Waals surface area contributed by atoms with Crippen LogP contribution < -0.4 is 15.1 Å². The molecule has 1 saturated heterocycles. The molecular weight excluding hydrogens is 322 g/mol. The minimum absolute atomic E-state index is 0.0940. The molecule has 6 heteroatoms. The van der Waals surface area contributed by atoms with Crippen LogP contribution in [0.25, 0.3) is 0 Å². The Bertz CT molecular complexity index is 781. The number of amides is 1. The third kappa shape index (κ3) is 3.60. The first-order valence-corrected chi connectivity index (χ1v) is 9.23. The Labute approximate surface area is 145 Å². The second kappa shape index (κ2) is 7.32. The summed E-state index contributed by atoms with van der Waals surface area (Å²) in [6.07, 6.45) is 1.58. The van der Waals surface area contributed by atoms with Gasteiger partial charge in [0.05, 0.1) is 0 Å². The molecule has 2 heterocycles. The molecule has 24 heavy (non-hydrogen) atoms. The monoisotopic (exact) mass is 345 g/mol. The first-order chi connectivity index (χ1) is 11.6. The van der Waals surface area contributed by atoms with Crippen LogP contribution in [0.3, 0.4) is 0 Å². The standard InChI is InChI=1S/C18H23N3O2S/c1-13-12-24-18(23)20(13)10-8-19-14(2)15-5-3-6-16(11-15)21-9-4-7-17(21)22/h3,5-6,11-12,14,19H,4,7-10H2,1-2H3/t14-/m0/s1. The van der Waals surface area contributed by atoms with E-state index in [-0.39, 0.29) is 16.8 Å². The zero-order valence-corrected chi connectivity index (χ0v) is 14.9. The van der Waals surface area contributed by atoms with E-state index in [9.17, 15) is 9.59 Å². The Morgan fingerprint density at radius 1 is 1.33 bits per heavy atom. The Hall–Kier alpha value is -1.92. The number of carbonyl (C=O) groups is 1. The van der Waals surface area contributed by atoms with Gasteiger partial charge in [-0.2, -0.15) is 0 Å². The molecule has 1 aliphatic rings. The zero-order chi connectivity index (χ0) is 17.1. The van der Waals surface area contributed by atoms with Crippen LogP contribution in [-0.4, -0.2) is 23.6 Å². The molecule has 0 bridgehead atoms. The van der Waals surface area contributed by atoms with Crippen molar-refractivity contribution in [2.24, 2.45) is 0 Å². The van der Waals surface area contributed by atoms with Gasteiger partial charge >= 0.3 is 4.87 Å². The number of anilines is 1. The molecule has 1 aromatic carbocycles. The van der Waals surface area contributed by atoms with E-state index in [0.717, 1.165) is 36.5 Å². The quantitative estimate of drug-likeness (QED) is 0.876. The van der Waals surface area contributed by atoms with Crippen LogP contribution in [0, 0.1) is 6.92 Å². The summed E-state index contributed by atoms with van der Waals surface area (Å²) in [7, 11) is 0. The molecule has 3 rings (SSSR count). The highest BCUT2D eigenvalue weighted by Crippen LogP contribution is 2.24.